The second kappa shape index (κ2) is 10.6. The zero-order valence-corrected chi connectivity index (χ0v) is 18.0. The second-order valence-electron chi connectivity index (χ2n) is 7.21. The van der Waals surface area contributed by atoms with Gasteiger partial charge in [-0.25, -0.2) is 4.98 Å². The van der Waals surface area contributed by atoms with Crippen LogP contribution in [0.4, 0.5) is 13.2 Å². The quantitative estimate of drug-likeness (QED) is 0.522. The number of thiazole rings is 1. The summed E-state index contributed by atoms with van der Waals surface area (Å²) in [6, 6.07) is 8.00. The molecule has 0 spiro atoms. The molecule has 2 atom stereocenters. The molecule has 9 heteroatoms. The van der Waals surface area contributed by atoms with Crippen molar-refractivity contribution in [3.05, 3.63) is 45.9 Å². The summed E-state index contributed by atoms with van der Waals surface area (Å²) < 4.78 is 55.0. The molecule has 0 saturated carbocycles. The van der Waals surface area contributed by atoms with Gasteiger partial charge in [-0.15, -0.1) is 11.3 Å². The number of nitrogens with zero attached hydrogens (tertiary/aromatic N) is 2. The molecule has 166 valence electrons. The molecule has 1 aromatic carbocycles. The summed E-state index contributed by atoms with van der Waals surface area (Å²) in [4.78, 5) is 5.96. The van der Waals surface area contributed by atoms with Gasteiger partial charge < -0.3 is 14.2 Å². The number of alkyl halides is 3. The molecule has 0 radical (unpaired) electrons. The average Bonchev–Trinajstić information content (AvgIpc) is 3.23. The minimum Gasteiger partial charge on any atom is -0.491 e. The van der Waals surface area contributed by atoms with E-state index in [1.165, 1.54) is 10.9 Å². The minimum atomic E-state index is -4.41. The standard InChI is InChI=1S/C21H27F3N2O3S/c1-3-27-10-11-28-17-6-4-16(5-7-17)15(2)12-26-8-9-29-19(13-26)18-14-30-20(25-18)21(22,23)24/h4-7,14-15,19H,3,8-13H2,1-2H3. The smallest absolute Gasteiger partial charge is 0.443 e. The Morgan fingerprint density at radius 3 is 2.70 bits per heavy atom. The molecule has 0 aliphatic carbocycles. The van der Waals surface area contributed by atoms with E-state index in [4.69, 9.17) is 14.2 Å². The molecular formula is C21H27F3N2O3S. The van der Waals surface area contributed by atoms with Gasteiger partial charge in [-0.3, -0.25) is 4.90 Å². The molecule has 1 fully saturated rings. The number of benzene rings is 1. The Bertz CT molecular complexity index is 783. The Kier molecular flexibility index (Phi) is 8.10. The van der Waals surface area contributed by atoms with Crippen molar-refractivity contribution in [2.24, 2.45) is 0 Å². The summed E-state index contributed by atoms with van der Waals surface area (Å²) in [5.74, 6) is 1.07. The highest BCUT2D eigenvalue weighted by Gasteiger charge is 2.36. The van der Waals surface area contributed by atoms with Crippen molar-refractivity contribution in [3.63, 3.8) is 0 Å². The number of ether oxygens (including phenoxy) is 3. The Morgan fingerprint density at radius 2 is 2.03 bits per heavy atom. The van der Waals surface area contributed by atoms with E-state index >= 15 is 0 Å². The third-order valence-corrected chi connectivity index (χ3v) is 5.83. The van der Waals surface area contributed by atoms with Crippen molar-refractivity contribution in [3.8, 4) is 5.75 Å². The number of hydrogen-bond donors (Lipinski definition) is 0. The van der Waals surface area contributed by atoms with Gasteiger partial charge in [0.05, 0.1) is 18.9 Å². The summed E-state index contributed by atoms with van der Waals surface area (Å²) in [6.07, 6.45) is -4.84. The van der Waals surface area contributed by atoms with E-state index in [1.54, 1.807) is 0 Å². The van der Waals surface area contributed by atoms with Crippen LogP contribution in [-0.4, -0.2) is 55.9 Å². The first-order chi connectivity index (χ1) is 14.4. The molecule has 1 saturated heterocycles. The number of rotatable bonds is 9. The fourth-order valence-electron chi connectivity index (χ4n) is 3.36. The Labute approximate surface area is 178 Å². The van der Waals surface area contributed by atoms with Gasteiger partial charge in [0.1, 0.15) is 18.5 Å². The van der Waals surface area contributed by atoms with Crippen LogP contribution in [-0.2, 0) is 15.7 Å². The maximum atomic E-state index is 12.8. The Morgan fingerprint density at radius 1 is 1.27 bits per heavy atom. The minimum absolute atomic E-state index is 0.266. The highest BCUT2D eigenvalue weighted by Crippen LogP contribution is 2.34. The van der Waals surface area contributed by atoms with Crippen molar-refractivity contribution in [1.82, 2.24) is 9.88 Å². The van der Waals surface area contributed by atoms with E-state index in [9.17, 15) is 13.2 Å². The molecule has 3 rings (SSSR count). The molecule has 0 N–H and O–H groups in total. The number of hydrogen-bond acceptors (Lipinski definition) is 6. The molecule has 0 amide bonds. The van der Waals surface area contributed by atoms with Crippen molar-refractivity contribution in [1.29, 1.82) is 0 Å². The van der Waals surface area contributed by atoms with Gasteiger partial charge in [-0.1, -0.05) is 19.1 Å². The van der Waals surface area contributed by atoms with Gasteiger partial charge in [0, 0.05) is 31.6 Å². The van der Waals surface area contributed by atoms with Gasteiger partial charge in [0.2, 0.25) is 0 Å². The lowest BCUT2D eigenvalue weighted by Gasteiger charge is -2.34. The van der Waals surface area contributed by atoms with Crippen molar-refractivity contribution in [2.45, 2.75) is 32.0 Å². The summed E-state index contributed by atoms with van der Waals surface area (Å²) in [6.45, 7) is 8.39. The van der Waals surface area contributed by atoms with Gasteiger partial charge in [-0.05, 0) is 30.5 Å². The zero-order chi connectivity index (χ0) is 21.6. The molecule has 1 aromatic heterocycles. The van der Waals surface area contributed by atoms with Gasteiger partial charge in [0.25, 0.3) is 0 Å². The summed E-state index contributed by atoms with van der Waals surface area (Å²) in [5, 5.41) is 0.625. The van der Waals surface area contributed by atoms with Crippen molar-refractivity contribution < 1.29 is 27.4 Å². The lowest BCUT2D eigenvalue weighted by molar-refractivity contribution is -0.138. The normalized spacial score (nSPS) is 19.0. The van der Waals surface area contributed by atoms with Crippen LogP contribution in [0.15, 0.2) is 29.6 Å². The van der Waals surface area contributed by atoms with Crippen LogP contribution in [0.3, 0.4) is 0 Å². The zero-order valence-electron chi connectivity index (χ0n) is 17.2. The van der Waals surface area contributed by atoms with Gasteiger partial charge in [-0.2, -0.15) is 13.2 Å². The van der Waals surface area contributed by atoms with Crippen LogP contribution in [0, 0.1) is 0 Å². The van der Waals surface area contributed by atoms with Gasteiger partial charge in [0.15, 0.2) is 5.01 Å². The lowest BCUT2D eigenvalue weighted by atomic mass is 10.00. The van der Waals surface area contributed by atoms with E-state index in [1.807, 2.05) is 19.1 Å². The molecule has 5 nitrogen and oxygen atoms in total. The maximum Gasteiger partial charge on any atom is 0.443 e. The second-order valence-corrected chi connectivity index (χ2v) is 8.07. The molecule has 1 aliphatic rings. The first kappa shape index (κ1) is 23.0. The van der Waals surface area contributed by atoms with Crippen LogP contribution < -0.4 is 4.74 Å². The Balaban J connectivity index is 1.52. The van der Waals surface area contributed by atoms with E-state index in [0.717, 1.165) is 18.8 Å². The topological polar surface area (TPSA) is 43.8 Å². The molecular weight excluding hydrogens is 417 g/mol. The highest BCUT2D eigenvalue weighted by atomic mass is 32.1. The predicted molar refractivity (Wildman–Crippen MR) is 109 cm³/mol. The fraction of sp³-hybridized carbons (Fsp3) is 0.571. The van der Waals surface area contributed by atoms with Crippen molar-refractivity contribution >= 4 is 11.3 Å². The van der Waals surface area contributed by atoms with E-state index in [-0.39, 0.29) is 5.92 Å². The summed E-state index contributed by atoms with van der Waals surface area (Å²) in [7, 11) is 0. The Hall–Kier alpha value is -1.68. The summed E-state index contributed by atoms with van der Waals surface area (Å²) >= 11 is 0.617. The largest absolute Gasteiger partial charge is 0.491 e. The molecule has 2 unspecified atom stereocenters. The number of morpholine rings is 1. The first-order valence-electron chi connectivity index (χ1n) is 10.0. The monoisotopic (exact) mass is 444 g/mol. The fourth-order valence-corrected chi connectivity index (χ4v) is 4.09. The SMILES string of the molecule is CCOCCOc1ccc(C(C)CN2CCOC(c3csc(C(F)(F)F)n3)C2)cc1. The third kappa shape index (κ3) is 6.41. The number of halogens is 3. The van der Waals surface area contributed by atoms with Crippen LogP contribution in [0.25, 0.3) is 0 Å². The van der Waals surface area contributed by atoms with Crippen molar-refractivity contribution in [2.75, 3.05) is 46.1 Å². The average molecular weight is 445 g/mol. The molecule has 0 bridgehead atoms. The van der Waals surface area contributed by atoms with E-state index < -0.39 is 17.3 Å². The molecule has 2 aromatic rings. The van der Waals surface area contributed by atoms with Crippen LogP contribution in [0.1, 0.15) is 42.1 Å². The molecule has 1 aliphatic heterocycles. The molecule has 30 heavy (non-hydrogen) atoms. The molecule has 2 heterocycles. The van der Waals surface area contributed by atoms with E-state index in [0.29, 0.717) is 50.0 Å². The van der Waals surface area contributed by atoms with Gasteiger partial charge >= 0.3 is 6.18 Å². The predicted octanol–water partition coefficient (Wildman–Crippen LogP) is 4.75. The van der Waals surface area contributed by atoms with E-state index in [2.05, 4.69) is 28.9 Å². The van der Waals surface area contributed by atoms with Crippen LogP contribution >= 0.6 is 11.3 Å². The number of aromatic nitrogens is 1. The first-order valence-corrected chi connectivity index (χ1v) is 10.9. The maximum absolute atomic E-state index is 12.8. The lowest BCUT2D eigenvalue weighted by Crippen LogP contribution is -2.40. The third-order valence-electron chi connectivity index (χ3n) is 4.93. The summed E-state index contributed by atoms with van der Waals surface area (Å²) in [5.41, 5.74) is 1.54. The van der Waals surface area contributed by atoms with Crippen LogP contribution in [0.5, 0.6) is 5.75 Å². The highest BCUT2D eigenvalue weighted by molar-refractivity contribution is 7.09. The van der Waals surface area contributed by atoms with Crippen LogP contribution in [0.2, 0.25) is 0 Å².